The predicted octanol–water partition coefficient (Wildman–Crippen LogP) is 2.78. The minimum absolute atomic E-state index is 0.0797. The fraction of sp³-hybridized carbons (Fsp3) is 0.429. The van der Waals surface area contributed by atoms with Crippen molar-refractivity contribution in [3.8, 4) is 5.75 Å². The Kier molecular flexibility index (Phi) is 7.45. The van der Waals surface area contributed by atoms with Crippen LogP contribution in [0.5, 0.6) is 5.75 Å². The van der Waals surface area contributed by atoms with E-state index in [-0.39, 0.29) is 22.9 Å². The Hall–Kier alpha value is -3.37. The number of nitrogens with zero attached hydrogens (tertiary/aromatic N) is 4. The number of para-hydroxylation sites is 2. The van der Waals surface area contributed by atoms with Gasteiger partial charge in [-0.3, -0.25) is 9.59 Å². The number of hydrogen-bond donors (Lipinski definition) is 0. The third-order valence-electron chi connectivity index (χ3n) is 7.68. The van der Waals surface area contributed by atoms with Gasteiger partial charge in [0.1, 0.15) is 17.2 Å². The van der Waals surface area contributed by atoms with Crippen LogP contribution in [0.2, 0.25) is 0 Å². The SMILES string of the molecule is COc1ccccc1N1CCN(C(=O)Cn2cc(S(=O)(=O)N3CCC(C)CC3)c3ccccc3c2=O)CC1. The van der Waals surface area contributed by atoms with E-state index in [2.05, 4.69) is 11.8 Å². The average molecular weight is 539 g/mol. The zero-order chi connectivity index (χ0) is 26.9. The van der Waals surface area contributed by atoms with E-state index >= 15 is 0 Å². The number of methoxy groups -OCH3 is 1. The van der Waals surface area contributed by atoms with Crippen molar-refractivity contribution in [3.05, 3.63) is 65.1 Å². The van der Waals surface area contributed by atoms with Crippen molar-refractivity contribution in [3.63, 3.8) is 0 Å². The van der Waals surface area contributed by atoms with Crippen molar-refractivity contribution in [2.45, 2.75) is 31.2 Å². The van der Waals surface area contributed by atoms with E-state index in [9.17, 15) is 18.0 Å². The summed E-state index contributed by atoms with van der Waals surface area (Å²) in [6.45, 7) is 5.07. The molecule has 0 saturated carbocycles. The second kappa shape index (κ2) is 10.8. The minimum Gasteiger partial charge on any atom is -0.495 e. The molecule has 0 unspecified atom stereocenters. The number of piperazine rings is 1. The van der Waals surface area contributed by atoms with Crippen LogP contribution in [-0.4, -0.2) is 74.5 Å². The van der Waals surface area contributed by atoms with Gasteiger partial charge in [-0.25, -0.2) is 8.42 Å². The Morgan fingerprint density at radius 2 is 1.55 bits per heavy atom. The van der Waals surface area contributed by atoms with Crippen molar-refractivity contribution >= 4 is 32.4 Å². The molecular formula is C28H34N4O5S. The number of ether oxygens (including phenoxy) is 1. The molecular weight excluding hydrogens is 504 g/mol. The van der Waals surface area contributed by atoms with Gasteiger partial charge in [0.2, 0.25) is 15.9 Å². The highest BCUT2D eigenvalue weighted by molar-refractivity contribution is 7.89. The number of fused-ring (bicyclic) bond motifs is 1. The minimum atomic E-state index is -3.83. The first-order valence-electron chi connectivity index (χ1n) is 13.1. The third kappa shape index (κ3) is 5.02. The Morgan fingerprint density at radius 1 is 0.921 bits per heavy atom. The van der Waals surface area contributed by atoms with Crippen LogP contribution in [-0.2, 0) is 21.4 Å². The molecule has 0 radical (unpaired) electrons. The highest BCUT2D eigenvalue weighted by atomic mass is 32.2. The summed E-state index contributed by atoms with van der Waals surface area (Å²) in [4.78, 5) is 30.6. The number of piperidine rings is 1. The quantitative estimate of drug-likeness (QED) is 0.479. The normalized spacial score (nSPS) is 17.6. The Labute approximate surface area is 223 Å². The molecule has 2 saturated heterocycles. The monoisotopic (exact) mass is 538 g/mol. The number of carbonyl (C=O) groups is 1. The lowest BCUT2D eigenvalue weighted by molar-refractivity contribution is -0.132. The first-order chi connectivity index (χ1) is 18.3. The molecule has 3 heterocycles. The summed E-state index contributed by atoms with van der Waals surface area (Å²) in [7, 11) is -2.19. The largest absolute Gasteiger partial charge is 0.495 e. The Balaban J connectivity index is 1.38. The molecule has 2 aromatic carbocycles. The molecule has 0 aliphatic carbocycles. The van der Waals surface area contributed by atoms with Crippen LogP contribution < -0.4 is 15.2 Å². The maximum Gasteiger partial charge on any atom is 0.258 e. The van der Waals surface area contributed by atoms with Gasteiger partial charge < -0.3 is 19.1 Å². The summed E-state index contributed by atoms with van der Waals surface area (Å²) >= 11 is 0. The lowest BCUT2D eigenvalue weighted by Gasteiger charge is -2.36. The smallest absolute Gasteiger partial charge is 0.258 e. The number of rotatable bonds is 6. The summed E-state index contributed by atoms with van der Waals surface area (Å²) in [6.07, 6.45) is 2.97. The number of sulfonamides is 1. The van der Waals surface area contributed by atoms with Gasteiger partial charge >= 0.3 is 0 Å². The lowest BCUT2D eigenvalue weighted by Crippen LogP contribution is -2.50. The van der Waals surface area contributed by atoms with Crippen molar-refractivity contribution in [1.82, 2.24) is 13.8 Å². The number of anilines is 1. The van der Waals surface area contributed by atoms with Crippen LogP contribution in [0.3, 0.4) is 0 Å². The first kappa shape index (κ1) is 26.2. The van der Waals surface area contributed by atoms with Gasteiger partial charge in [-0.1, -0.05) is 37.3 Å². The van der Waals surface area contributed by atoms with E-state index in [1.165, 1.54) is 15.1 Å². The molecule has 2 aliphatic rings. The molecule has 3 aromatic rings. The van der Waals surface area contributed by atoms with E-state index in [4.69, 9.17) is 4.74 Å². The molecule has 1 aromatic heterocycles. The standard InChI is InChI=1S/C28H34N4O5S/c1-21-11-13-32(14-12-21)38(35,36)26-19-31(28(34)23-8-4-3-7-22(23)26)20-27(33)30-17-15-29(16-18-30)24-9-5-6-10-25(24)37-2/h3-10,19,21H,11-18,20H2,1-2H3. The zero-order valence-electron chi connectivity index (χ0n) is 21.9. The molecule has 9 nitrogen and oxygen atoms in total. The molecule has 10 heteroatoms. The predicted molar refractivity (Wildman–Crippen MR) is 147 cm³/mol. The van der Waals surface area contributed by atoms with Gasteiger partial charge in [0.05, 0.1) is 12.8 Å². The van der Waals surface area contributed by atoms with E-state index in [0.717, 1.165) is 24.3 Å². The van der Waals surface area contributed by atoms with Gasteiger partial charge in [0, 0.05) is 56.2 Å². The van der Waals surface area contributed by atoms with Crippen LogP contribution in [0, 0.1) is 5.92 Å². The topological polar surface area (TPSA) is 92.2 Å². The maximum atomic E-state index is 13.7. The third-order valence-corrected chi connectivity index (χ3v) is 9.61. The van der Waals surface area contributed by atoms with Crippen molar-refractivity contribution in [1.29, 1.82) is 0 Å². The molecule has 202 valence electrons. The van der Waals surface area contributed by atoms with Crippen LogP contribution in [0.15, 0.2) is 64.4 Å². The number of hydrogen-bond acceptors (Lipinski definition) is 6. The summed E-state index contributed by atoms with van der Waals surface area (Å²) < 4.78 is 35.6. The number of benzene rings is 2. The van der Waals surface area contributed by atoms with E-state index in [1.54, 1.807) is 36.3 Å². The number of amides is 1. The van der Waals surface area contributed by atoms with Crippen LogP contribution in [0.4, 0.5) is 5.69 Å². The first-order valence-corrected chi connectivity index (χ1v) is 14.5. The van der Waals surface area contributed by atoms with Gasteiger partial charge in [-0.2, -0.15) is 4.31 Å². The van der Waals surface area contributed by atoms with Gasteiger partial charge in [-0.05, 0) is 37.0 Å². The highest BCUT2D eigenvalue weighted by Crippen LogP contribution is 2.29. The van der Waals surface area contributed by atoms with Crippen molar-refractivity contribution < 1.29 is 17.9 Å². The molecule has 0 atom stereocenters. The summed E-state index contributed by atoms with van der Waals surface area (Å²) in [5, 5.41) is 0.693. The van der Waals surface area contributed by atoms with Crippen LogP contribution in [0.1, 0.15) is 19.8 Å². The average Bonchev–Trinajstić information content (AvgIpc) is 2.94. The highest BCUT2D eigenvalue weighted by Gasteiger charge is 2.31. The molecule has 1 amide bonds. The van der Waals surface area contributed by atoms with Gasteiger partial charge in [0.25, 0.3) is 5.56 Å². The summed E-state index contributed by atoms with van der Waals surface area (Å²) in [5.74, 6) is 1.05. The molecule has 38 heavy (non-hydrogen) atoms. The summed E-state index contributed by atoms with van der Waals surface area (Å²) in [6, 6.07) is 14.5. The van der Waals surface area contributed by atoms with Crippen LogP contribution >= 0.6 is 0 Å². The Bertz CT molecular complexity index is 1490. The molecule has 0 spiro atoms. The number of carbonyl (C=O) groups excluding carboxylic acids is 1. The molecule has 0 N–H and O–H groups in total. The fourth-order valence-corrected chi connectivity index (χ4v) is 7.02. The Morgan fingerprint density at radius 3 is 2.24 bits per heavy atom. The second-order valence-electron chi connectivity index (χ2n) is 10.1. The summed E-state index contributed by atoms with van der Waals surface area (Å²) in [5.41, 5.74) is 0.614. The van der Waals surface area contributed by atoms with Crippen molar-refractivity contribution in [2.75, 3.05) is 51.3 Å². The lowest BCUT2D eigenvalue weighted by atomic mass is 10.0. The van der Waals surface area contributed by atoms with E-state index in [0.29, 0.717) is 56.0 Å². The molecule has 2 aliphatic heterocycles. The van der Waals surface area contributed by atoms with E-state index < -0.39 is 10.0 Å². The molecule has 0 bridgehead atoms. The number of aromatic nitrogens is 1. The van der Waals surface area contributed by atoms with Gasteiger partial charge in [-0.15, -0.1) is 0 Å². The molecule has 2 fully saturated rings. The van der Waals surface area contributed by atoms with Crippen molar-refractivity contribution in [2.24, 2.45) is 5.92 Å². The van der Waals surface area contributed by atoms with E-state index in [1.807, 2.05) is 24.3 Å². The molecule has 5 rings (SSSR count). The zero-order valence-corrected chi connectivity index (χ0v) is 22.7. The van der Waals surface area contributed by atoms with Crippen LogP contribution in [0.25, 0.3) is 10.8 Å². The maximum absolute atomic E-state index is 13.7. The fourth-order valence-electron chi connectivity index (χ4n) is 5.33. The second-order valence-corrected chi connectivity index (χ2v) is 12.0. The number of pyridine rings is 1. The van der Waals surface area contributed by atoms with Gasteiger partial charge in [0.15, 0.2) is 0 Å².